The van der Waals surface area contributed by atoms with Crippen molar-refractivity contribution in [1.29, 1.82) is 0 Å². The van der Waals surface area contributed by atoms with Crippen LogP contribution in [0, 0.1) is 5.82 Å². The van der Waals surface area contributed by atoms with Gasteiger partial charge in [0, 0.05) is 17.3 Å². The molecule has 0 aliphatic carbocycles. The van der Waals surface area contributed by atoms with Gasteiger partial charge in [-0.05, 0) is 36.4 Å². The molecule has 4 aromatic rings. The molecule has 0 spiro atoms. The van der Waals surface area contributed by atoms with E-state index in [1.165, 1.54) is 6.07 Å². The second-order valence-corrected chi connectivity index (χ2v) is 4.79. The van der Waals surface area contributed by atoms with Crippen molar-refractivity contribution >= 4 is 27.9 Å². The summed E-state index contributed by atoms with van der Waals surface area (Å²) in [6.07, 6.45) is 1.75. The normalized spacial score (nSPS) is 11.3. The monoisotopic (exact) mass is 278 g/mol. The average molecular weight is 278 g/mol. The van der Waals surface area contributed by atoms with Gasteiger partial charge in [0.15, 0.2) is 5.82 Å². The summed E-state index contributed by atoms with van der Waals surface area (Å²) in [5, 5.41) is 0.993. The largest absolute Gasteiger partial charge is 0.369 e. The third kappa shape index (κ3) is 1.74. The molecule has 0 radical (unpaired) electrons. The van der Waals surface area contributed by atoms with Crippen LogP contribution in [0.4, 0.5) is 10.3 Å². The van der Waals surface area contributed by atoms with E-state index in [0.717, 1.165) is 16.6 Å². The molecule has 5 heteroatoms. The number of nitrogens with zero attached hydrogens (tertiary/aromatic N) is 3. The molecule has 2 N–H and O–H groups in total. The molecule has 2 aromatic carbocycles. The number of aromatic nitrogens is 3. The zero-order valence-electron chi connectivity index (χ0n) is 11.0. The first kappa shape index (κ1) is 11.8. The summed E-state index contributed by atoms with van der Waals surface area (Å²) in [5.41, 5.74) is 8.63. The molecule has 102 valence electrons. The lowest BCUT2D eigenvalue weighted by Crippen LogP contribution is -2.00. The van der Waals surface area contributed by atoms with Crippen LogP contribution in [0.5, 0.6) is 0 Å². The first-order valence-electron chi connectivity index (χ1n) is 6.51. The lowest BCUT2D eigenvalue weighted by molar-refractivity contribution is 0.637. The minimum atomic E-state index is -0.375. The number of nitrogen functional groups attached to an aromatic ring is 1. The van der Waals surface area contributed by atoms with Crippen LogP contribution in [0.25, 0.3) is 27.6 Å². The van der Waals surface area contributed by atoms with Crippen LogP contribution in [0.1, 0.15) is 0 Å². The van der Waals surface area contributed by atoms with E-state index in [1.807, 2.05) is 30.3 Å². The molecule has 0 saturated carbocycles. The molecular weight excluding hydrogens is 267 g/mol. The van der Waals surface area contributed by atoms with Gasteiger partial charge in [-0.25, -0.2) is 9.37 Å². The van der Waals surface area contributed by atoms with Gasteiger partial charge in [0.2, 0.25) is 5.95 Å². The van der Waals surface area contributed by atoms with E-state index in [0.29, 0.717) is 5.52 Å². The van der Waals surface area contributed by atoms with Gasteiger partial charge in [0.1, 0.15) is 5.52 Å². The van der Waals surface area contributed by atoms with E-state index in [-0.39, 0.29) is 17.3 Å². The Bertz CT molecular complexity index is 975. The van der Waals surface area contributed by atoms with Crippen LogP contribution in [0.15, 0.2) is 54.7 Å². The molecule has 0 aliphatic rings. The van der Waals surface area contributed by atoms with E-state index < -0.39 is 0 Å². The quantitative estimate of drug-likeness (QED) is 0.581. The van der Waals surface area contributed by atoms with Gasteiger partial charge in [-0.15, -0.1) is 0 Å². The Morgan fingerprint density at radius 3 is 2.86 bits per heavy atom. The van der Waals surface area contributed by atoms with Gasteiger partial charge >= 0.3 is 0 Å². The Morgan fingerprint density at radius 1 is 1.05 bits per heavy atom. The van der Waals surface area contributed by atoms with E-state index >= 15 is 0 Å². The highest BCUT2D eigenvalue weighted by Crippen LogP contribution is 2.26. The van der Waals surface area contributed by atoms with Crippen molar-refractivity contribution in [3.8, 4) is 5.69 Å². The second-order valence-electron chi connectivity index (χ2n) is 4.79. The maximum absolute atomic E-state index is 13.8. The fourth-order valence-corrected chi connectivity index (χ4v) is 2.56. The molecule has 0 aliphatic heterocycles. The fraction of sp³-hybridized carbons (Fsp3) is 0. The molecular formula is C16H11FN4. The number of anilines is 1. The van der Waals surface area contributed by atoms with Gasteiger partial charge in [0.05, 0.1) is 11.0 Å². The maximum Gasteiger partial charge on any atom is 0.206 e. The minimum absolute atomic E-state index is 0.262. The van der Waals surface area contributed by atoms with Gasteiger partial charge in [-0.1, -0.05) is 12.1 Å². The summed E-state index contributed by atoms with van der Waals surface area (Å²) >= 11 is 0. The average Bonchev–Trinajstić information content (AvgIpc) is 2.84. The van der Waals surface area contributed by atoms with Crippen LogP contribution < -0.4 is 5.73 Å². The number of hydrogen-bond acceptors (Lipinski definition) is 3. The molecule has 2 aromatic heterocycles. The number of pyridine rings is 1. The molecule has 4 nitrogen and oxygen atoms in total. The first-order chi connectivity index (χ1) is 10.2. The number of nitrogens with two attached hydrogens (primary N) is 1. The van der Waals surface area contributed by atoms with E-state index in [1.54, 1.807) is 22.9 Å². The van der Waals surface area contributed by atoms with Crippen molar-refractivity contribution in [2.75, 3.05) is 5.73 Å². The zero-order valence-corrected chi connectivity index (χ0v) is 11.0. The zero-order chi connectivity index (χ0) is 14.4. The standard InChI is InChI=1S/C16H11FN4/c17-12-4-1-5-14-15(12)20-16(18)21(14)11-6-7-13-10(9-11)3-2-8-19-13/h1-9H,(H2,18,20). The highest BCUT2D eigenvalue weighted by atomic mass is 19.1. The highest BCUT2D eigenvalue weighted by molar-refractivity contribution is 5.85. The summed E-state index contributed by atoms with van der Waals surface area (Å²) in [4.78, 5) is 8.41. The molecule has 4 rings (SSSR count). The number of para-hydroxylation sites is 1. The molecule has 2 heterocycles. The van der Waals surface area contributed by atoms with Crippen LogP contribution in [-0.2, 0) is 0 Å². The number of benzene rings is 2. The second kappa shape index (κ2) is 4.28. The third-order valence-electron chi connectivity index (χ3n) is 3.51. The molecule has 0 bridgehead atoms. The van der Waals surface area contributed by atoms with E-state index in [2.05, 4.69) is 9.97 Å². The van der Waals surface area contributed by atoms with Crippen molar-refractivity contribution in [2.45, 2.75) is 0 Å². The lowest BCUT2D eigenvalue weighted by atomic mass is 10.2. The Labute approximate surface area is 119 Å². The third-order valence-corrected chi connectivity index (χ3v) is 3.51. The number of fused-ring (bicyclic) bond motifs is 2. The SMILES string of the molecule is Nc1nc2c(F)cccc2n1-c1ccc2ncccc2c1. The Morgan fingerprint density at radius 2 is 1.95 bits per heavy atom. The minimum Gasteiger partial charge on any atom is -0.369 e. The number of rotatable bonds is 1. The number of imidazole rings is 1. The fourth-order valence-electron chi connectivity index (χ4n) is 2.56. The Balaban J connectivity index is 2.04. The summed E-state index contributed by atoms with van der Waals surface area (Å²) < 4.78 is 15.5. The predicted octanol–water partition coefficient (Wildman–Crippen LogP) is 3.30. The number of halogens is 1. The first-order valence-corrected chi connectivity index (χ1v) is 6.51. The van der Waals surface area contributed by atoms with Crippen molar-refractivity contribution in [2.24, 2.45) is 0 Å². The van der Waals surface area contributed by atoms with Gasteiger partial charge in [-0.2, -0.15) is 0 Å². The number of hydrogen-bond donors (Lipinski definition) is 1. The predicted molar refractivity (Wildman–Crippen MR) is 80.7 cm³/mol. The van der Waals surface area contributed by atoms with Crippen molar-refractivity contribution in [1.82, 2.24) is 14.5 Å². The van der Waals surface area contributed by atoms with Gasteiger partial charge in [-0.3, -0.25) is 9.55 Å². The van der Waals surface area contributed by atoms with E-state index in [9.17, 15) is 4.39 Å². The molecule has 21 heavy (non-hydrogen) atoms. The van der Waals surface area contributed by atoms with Crippen molar-refractivity contribution in [3.63, 3.8) is 0 Å². The summed E-state index contributed by atoms with van der Waals surface area (Å²) in [6, 6.07) is 14.5. The summed E-state index contributed by atoms with van der Waals surface area (Å²) in [7, 11) is 0. The molecule has 0 amide bonds. The highest BCUT2D eigenvalue weighted by Gasteiger charge is 2.13. The van der Waals surface area contributed by atoms with Crippen LogP contribution in [0.2, 0.25) is 0 Å². The van der Waals surface area contributed by atoms with Crippen LogP contribution >= 0.6 is 0 Å². The molecule has 0 saturated heterocycles. The van der Waals surface area contributed by atoms with Gasteiger partial charge in [0.25, 0.3) is 0 Å². The molecule has 0 fully saturated rings. The Kier molecular flexibility index (Phi) is 2.41. The Hall–Kier alpha value is -2.95. The maximum atomic E-state index is 13.8. The topological polar surface area (TPSA) is 56.7 Å². The molecule has 0 atom stereocenters. The van der Waals surface area contributed by atoms with Crippen molar-refractivity contribution in [3.05, 3.63) is 60.5 Å². The summed E-state index contributed by atoms with van der Waals surface area (Å²) in [5.74, 6) is -0.112. The lowest BCUT2D eigenvalue weighted by Gasteiger charge is -2.07. The smallest absolute Gasteiger partial charge is 0.206 e. The van der Waals surface area contributed by atoms with Gasteiger partial charge < -0.3 is 5.73 Å². The summed E-state index contributed by atoms with van der Waals surface area (Å²) in [6.45, 7) is 0. The molecule has 0 unspecified atom stereocenters. The van der Waals surface area contributed by atoms with Crippen molar-refractivity contribution < 1.29 is 4.39 Å². The van der Waals surface area contributed by atoms with Crippen LogP contribution in [0.3, 0.4) is 0 Å². The van der Waals surface area contributed by atoms with Crippen LogP contribution in [-0.4, -0.2) is 14.5 Å². The van der Waals surface area contributed by atoms with E-state index in [4.69, 9.17) is 5.73 Å².